The number of Topliss-reactive ketones (excluding diaryl/α,β-unsaturated/α-hetero) is 1. The highest BCUT2D eigenvalue weighted by Crippen LogP contribution is 2.69. The van der Waals surface area contributed by atoms with Gasteiger partial charge in [-0.2, -0.15) is 0 Å². The van der Waals surface area contributed by atoms with Gasteiger partial charge in [0.15, 0.2) is 24.7 Å². The summed E-state index contributed by atoms with van der Waals surface area (Å²) < 4.78 is 61.0. The Morgan fingerprint density at radius 2 is 1.30 bits per heavy atom. The third kappa shape index (κ3) is 7.63. The number of aliphatic hydroxyl groups excluding tert-OH is 1. The fourth-order valence-electron chi connectivity index (χ4n) is 12.3. The van der Waals surface area contributed by atoms with Crippen LogP contribution < -0.4 is 0 Å². The molecule has 6 fully saturated rings. The van der Waals surface area contributed by atoms with E-state index in [9.17, 15) is 20.1 Å². The van der Waals surface area contributed by atoms with E-state index >= 15 is 0 Å². The molecule has 0 spiro atoms. The van der Waals surface area contributed by atoms with Crippen molar-refractivity contribution in [3.63, 3.8) is 0 Å². The number of hydrogen-bond donors (Lipinski definition) is 3. The topological polar surface area (TPSA) is 170 Å². The van der Waals surface area contributed by atoms with Crippen molar-refractivity contribution in [1.29, 1.82) is 0 Å². The van der Waals surface area contributed by atoms with Gasteiger partial charge in [-0.05, 0) is 89.4 Å². The van der Waals surface area contributed by atoms with Crippen molar-refractivity contribution in [3.8, 4) is 0 Å². The number of ketones is 1. The fraction of sp³-hybridized carbons (Fsp3) is 0.930. The van der Waals surface area contributed by atoms with E-state index in [-0.39, 0.29) is 72.7 Å². The van der Waals surface area contributed by atoms with E-state index in [0.717, 1.165) is 32.1 Å². The first-order chi connectivity index (χ1) is 27.0. The SMILES string of the molecule is COCC(=O)[C@]1(O)CC[C@]2(O)[C@@H]3CC=C4C[C@@H](O[C@H]5C[C@H](OC)[C@H](O[C@H]6C[C@H](OC)[C@H](O[C@H]7C[C@@H](OC)[C@H](O)[C@@H](C)O7)[C@@H](C)O6)[C@@H](C)O5)CC[C@]4(C)[C@H]3CC[C@]12C. The molecular formula is C43H70O14. The predicted molar refractivity (Wildman–Crippen MR) is 205 cm³/mol. The molecule has 0 aromatic carbocycles. The molecule has 0 aromatic rings. The van der Waals surface area contributed by atoms with Crippen LogP contribution in [0.25, 0.3) is 0 Å². The van der Waals surface area contributed by atoms with Gasteiger partial charge in [0.1, 0.15) is 30.5 Å². The summed E-state index contributed by atoms with van der Waals surface area (Å²) in [5, 5.41) is 34.6. The number of hydrogen-bond acceptors (Lipinski definition) is 14. The first kappa shape index (κ1) is 44.0. The molecule has 19 atom stereocenters. The molecule has 57 heavy (non-hydrogen) atoms. The highest BCUT2D eigenvalue weighted by atomic mass is 16.7. The normalized spacial score (nSPS) is 51.4. The Morgan fingerprint density at radius 1 is 0.737 bits per heavy atom. The Bertz CT molecular complexity index is 1450. The average Bonchev–Trinajstić information content (AvgIpc) is 3.40. The number of allylic oxidation sites excluding steroid dienone is 1. The number of fused-ring (bicyclic) bond motifs is 5. The van der Waals surface area contributed by atoms with E-state index < -0.39 is 59.9 Å². The molecule has 14 heteroatoms. The molecule has 0 radical (unpaired) electrons. The lowest BCUT2D eigenvalue weighted by atomic mass is 9.45. The molecule has 0 amide bonds. The van der Waals surface area contributed by atoms with Gasteiger partial charge in [0, 0.05) is 53.1 Å². The van der Waals surface area contributed by atoms with E-state index in [1.165, 1.54) is 12.7 Å². The molecule has 3 N–H and O–H groups in total. The van der Waals surface area contributed by atoms with Gasteiger partial charge in [0.05, 0.1) is 48.3 Å². The van der Waals surface area contributed by atoms with Crippen molar-refractivity contribution in [2.75, 3.05) is 35.0 Å². The fourth-order valence-corrected chi connectivity index (χ4v) is 12.3. The van der Waals surface area contributed by atoms with Gasteiger partial charge in [-0.3, -0.25) is 4.79 Å². The van der Waals surface area contributed by atoms with Crippen LogP contribution in [0.5, 0.6) is 0 Å². The first-order valence-electron chi connectivity index (χ1n) is 21.4. The molecule has 0 unspecified atom stereocenters. The summed E-state index contributed by atoms with van der Waals surface area (Å²) in [6.45, 7) is 9.84. The molecule has 7 aliphatic rings. The number of carbonyl (C=O) groups is 1. The van der Waals surface area contributed by atoms with Crippen molar-refractivity contribution < 1.29 is 67.5 Å². The van der Waals surface area contributed by atoms with Crippen LogP contribution in [0.1, 0.15) is 105 Å². The van der Waals surface area contributed by atoms with Crippen LogP contribution in [-0.2, 0) is 52.2 Å². The molecule has 3 saturated carbocycles. The number of ether oxygens (including phenoxy) is 10. The zero-order chi connectivity index (χ0) is 41.1. The third-order valence-electron chi connectivity index (χ3n) is 15.9. The quantitative estimate of drug-likeness (QED) is 0.242. The van der Waals surface area contributed by atoms with Crippen LogP contribution in [-0.4, -0.2) is 147 Å². The highest BCUT2D eigenvalue weighted by molar-refractivity contribution is 5.90. The molecule has 14 nitrogen and oxygen atoms in total. The van der Waals surface area contributed by atoms with Crippen LogP contribution in [0.3, 0.4) is 0 Å². The lowest BCUT2D eigenvalue weighted by molar-refractivity contribution is -0.338. The Kier molecular flexibility index (Phi) is 13.1. The average molecular weight is 811 g/mol. The van der Waals surface area contributed by atoms with Crippen LogP contribution >= 0.6 is 0 Å². The number of methoxy groups -OCH3 is 4. The zero-order valence-electron chi connectivity index (χ0n) is 35.6. The number of aliphatic hydroxyl groups is 3. The van der Waals surface area contributed by atoms with Gasteiger partial charge in [0.25, 0.3) is 0 Å². The van der Waals surface area contributed by atoms with Gasteiger partial charge < -0.3 is 62.7 Å². The van der Waals surface area contributed by atoms with Gasteiger partial charge in [-0.15, -0.1) is 0 Å². The Morgan fingerprint density at radius 3 is 1.88 bits per heavy atom. The number of carbonyl (C=O) groups excluding carboxylic acids is 1. The number of rotatable bonds is 12. The van der Waals surface area contributed by atoms with Gasteiger partial charge in [0.2, 0.25) is 0 Å². The van der Waals surface area contributed by atoms with Crippen LogP contribution in [0.2, 0.25) is 0 Å². The molecule has 0 bridgehead atoms. The Hall–Kier alpha value is -1.11. The van der Waals surface area contributed by atoms with Crippen molar-refractivity contribution in [2.45, 2.75) is 196 Å². The molecule has 0 aromatic heterocycles. The largest absolute Gasteiger partial charge is 0.389 e. The maximum Gasteiger partial charge on any atom is 0.190 e. The molecular weight excluding hydrogens is 740 g/mol. The van der Waals surface area contributed by atoms with Crippen molar-refractivity contribution in [2.24, 2.45) is 22.7 Å². The zero-order valence-corrected chi connectivity index (χ0v) is 35.6. The maximum absolute atomic E-state index is 13.2. The molecule has 4 aliphatic carbocycles. The molecule has 3 aliphatic heterocycles. The second-order valence-electron chi connectivity index (χ2n) is 18.6. The molecule has 7 rings (SSSR count). The van der Waals surface area contributed by atoms with Crippen LogP contribution in [0.15, 0.2) is 11.6 Å². The Balaban J connectivity index is 0.943. The van der Waals surface area contributed by atoms with Gasteiger partial charge in [-0.1, -0.05) is 25.5 Å². The minimum atomic E-state index is -1.59. The van der Waals surface area contributed by atoms with E-state index in [1.54, 1.807) is 28.3 Å². The van der Waals surface area contributed by atoms with Crippen LogP contribution in [0.4, 0.5) is 0 Å². The lowest BCUT2D eigenvalue weighted by Crippen LogP contribution is -2.66. The molecule has 3 heterocycles. The molecule has 3 saturated heterocycles. The summed E-state index contributed by atoms with van der Waals surface area (Å²) >= 11 is 0. The summed E-state index contributed by atoms with van der Waals surface area (Å²) in [6, 6.07) is 0. The maximum atomic E-state index is 13.2. The first-order valence-corrected chi connectivity index (χ1v) is 21.4. The minimum absolute atomic E-state index is 0.0197. The molecule has 326 valence electrons. The van der Waals surface area contributed by atoms with E-state index in [1.807, 2.05) is 20.8 Å². The Labute approximate surface area is 338 Å². The van der Waals surface area contributed by atoms with Crippen LogP contribution in [0, 0.1) is 22.7 Å². The smallest absolute Gasteiger partial charge is 0.190 e. The minimum Gasteiger partial charge on any atom is -0.389 e. The van der Waals surface area contributed by atoms with E-state index in [2.05, 4.69) is 13.0 Å². The van der Waals surface area contributed by atoms with Crippen molar-refractivity contribution in [1.82, 2.24) is 0 Å². The van der Waals surface area contributed by atoms with E-state index in [4.69, 9.17) is 47.4 Å². The predicted octanol–water partition coefficient (Wildman–Crippen LogP) is 3.98. The van der Waals surface area contributed by atoms with Crippen molar-refractivity contribution >= 4 is 5.78 Å². The highest BCUT2D eigenvalue weighted by Gasteiger charge is 2.73. The monoisotopic (exact) mass is 810 g/mol. The summed E-state index contributed by atoms with van der Waals surface area (Å²) in [5.74, 6) is -0.106. The second kappa shape index (κ2) is 17.0. The third-order valence-corrected chi connectivity index (χ3v) is 15.9. The lowest BCUT2D eigenvalue weighted by Gasteiger charge is -2.62. The van der Waals surface area contributed by atoms with Gasteiger partial charge in [-0.25, -0.2) is 0 Å². The van der Waals surface area contributed by atoms with Gasteiger partial charge >= 0.3 is 0 Å². The summed E-state index contributed by atoms with van der Waals surface area (Å²) in [5.41, 5.74) is -2.35. The summed E-state index contributed by atoms with van der Waals surface area (Å²) in [6.07, 6.45) is 3.76. The second-order valence-corrected chi connectivity index (χ2v) is 18.6. The summed E-state index contributed by atoms with van der Waals surface area (Å²) in [7, 11) is 6.39. The van der Waals surface area contributed by atoms with Crippen molar-refractivity contribution in [3.05, 3.63) is 11.6 Å². The summed E-state index contributed by atoms with van der Waals surface area (Å²) in [4.78, 5) is 13.2. The van der Waals surface area contributed by atoms with E-state index in [0.29, 0.717) is 32.1 Å². The standard InChI is InChI=1S/C43H70O14/c1-23-37(45)30(49-7)19-35(52-23)56-39-25(3)54-36(21-32(39)51-9)57-38-24(2)53-34(20-31(38)50-8)55-27-12-14-40(4)26(18-27)10-11-29-28(40)13-15-41(5)42(29,46)16-17-43(41,47)33(44)22-48-6/h10,23-25,27-32,34-39,45-47H,11-22H2,1-9H3/t23-,24-,25-,27+,28+,29-,30-,31+,32+,34+,35+,36+,37-,38-,39-,40+,41+,42+,43-/m1/s1.